The molecule has 124 valence electrons. The predicted octanol–water partition coefficient (Wildman–Crippen LogP) is 2.62. The van der Waals surface area contributed by atoms with Gasteiger partial charge in [-0.3, -0.25) is 4.79 Å². The van der Waals surface area contributed by atoms with Crippen LogP contribution in [0.3, 0.4) is 0 Å². The van der Waals surface area contributed by atoms with Crippen LogP contribution in [0, 0.1) is 0 Å². The number of carboxylic acids is 1. The molecule has 0 saturated heterocycles. The number of carbonyl (C=O) groups is 1. The lowest BCUT2D eigenvalue weighted by molar-refractivity contribution is -0.140. The molecule has 0 saturated carbocycles. The molecular formula is C15H15F2NO4S. The van der Waals surface area contributed by atoms with E-state index in [2.05, 4.69) is 0 Å². The van der Waals surface area contributed by atoms with Gasteiger partial charge in [0.15, 0.2) is 0 Å². The Kier molecular flexibility index (Phi) is 4.67. The average molecular weight is 343 g/mol. The van der Waals surface area contributed by atoms with Crippen LogP contribution < -0.4 is 4.72 Å². The maximum atomic E-state index is 13.2. The first-order chi connectivity index (χ1) is 10.7. The highest BCUT2D eigenvalue weighted by atomic mass is 32.2. The van der Waals surface area contributed by atoms with Gasteiger partial charge in [0.2, 0.25) is 10.0 Å². The third-order valence-electron chi connectivity index (χ3n) is 3.41. The van der Waals surface area contributed by atoms with E-state index >= 15 is 0 Å². The van der Waals surface area contributed by atoms with E-state index in [9.17, 15) is 22.0 Å². The first-order valence-electron chi connectivity index (χ1n) is 6.67. The molecule has 2 aromatic rings. The molecule has 2 rings (SSSR count). The van der Waals surface area contributed by atoms with Crippen molar-refractivity contribution in [2.24, 2.45) is 0 Å². The summed E-state index contributed by atoms with van der Waals surface area (Å²) in [4.78, 5) is 10.6. The van der Waals surface area contributed by atoms with Gasteiger partial charge in [0.1, 0.15) is 5.54 Å². The lowest BCUT2D eigenvalue weighted by Gasteiger charge is -2.28. The van der Waals surface area contributed by atoms with Crippen molar-refractivity contribution in [2.75, 3.05) is 0 Å². The van der Waals surface area contributed by atoms with E-state index in [-0.39, 0.29) is 4.90 Å². The van der Waals surface area contributed by atoms with Crippen molar-refractivity contribution >= 4 is 26.8 Å². The summed E-state index contributed by atoms with van der Waals surface area (Å²) in [6.45, 7) is 0.870. The quantitative estimate of drug-likeness (QED) is 0.844. The summed E-state index contributed by atoms with van der Waals surface area (Å²) in [6, 6.07) is 11.1. The van der Waals surface area contributed by atoms with Gasteiger partial charge >= 0.3 is 5.97 Å². The monoisotopic (exact) mass is 343 g/mol. The predicted molar refractivity (Wildman–Crippen MR) is 80.9 cm³/mol. The second kappa shape index (κ2) is 6.21. The van der Waals surface area contributed by atoms with Crippen molar-refractivity contribution in [3.63, 3.8) is 0 Å². The van der Waals surface area contributed by atoms with E-state index in [4.69, 9.17) is 5.11 Å². The molecule has 0 bridgehead atoms. The number of nitrogens with one attached hydrogen (secondary N) is 1. The normalized spacial score (nSPS) is 14.8. The maximum Gasteiger partial charge on any atom is 0.305 e. The summed E-state index contributed by atoms with van der Waals surface area (Å²) in [5.74, 6) is -1.52. The lowest BCUT2D eigenvalue weighted by Crippen LogP contribution is -2.52. The molecule has 1 unspecified atom stereocenters. The zero-order valence-corrected chi connectivity index (χ0v) is 13.0. The van der Waals surface area contributed by atoms with Crippen LogP contribution in [-0.2, 0) is 14.8 Å². The molecule has 8 heteroatoms. The number of fused-ring (bicyclic) bond motifs is 1. The van der Waals surface area contributed by atoms with Gasteiger partial charge in [-0.15, -0.1) is 0 Å². The molecule has 0 aliphatic heterocycles. The first-order valence-corrected chi connectivity index (χ1v) is 8.16. The van der Waals surface area contributed by atoms with Crippen molar-refractivity contribution < 1.29 is 27.1 Å². The van der Waals surface area contributed by atoms with Crippen molar-refractivity contribution in [1.82, 2.24) is 4.72 Å². The Balaban J connectivity index is 2.50. The average Bonchev–Trinajstić information content (AvgIpc) is 2.45. The standard InChI is InChI=1S/C15H15F2NO4S/c1-15(14(16)17,9-13(19)20)18-23(21,22)12-8-4-6-10-5-2-3-7-11(10)12/h2-8,14,18H,9H2,1H3,(H,19,20). The number of aliphatic carboxylic acids is 1. The Morgan fingerprint density at radius 3 is 2.43 bits per heavy atom. The molecule has 23 heavy (non-hydrogen) atoms. The largest absolute Gasteiger partial charge is 0.481 e. The van der Waals surface area contributed by atoms with Crippen molar-refractivity contribution in [3.05, 3.63) is 42.5 Å². The van der Waals surface area contributed by atoms with Crippen LogP contribution in [0.4, 0.5) is 8.78 Å². The molecule has 2 N–H and O–H groups in total. The molecule has 0 spiro atoms. The number of rotatable bonds is 6. The van der Waals surface area contributed by atoms with Gasteiger partial charge in [-0.2, -0.15) is 4.72 Å². The molecular weight excluding hydrogens is 328 g/mol. The van der Waals surface area contributed by atoms with Gasteiger partial charge in [-0.05, 0) is 18.4 Å². The summed E-state index contributed by atoms with van der Waals surface area (Å²) in [7, 11) is -4.33. The lowest BCUT2D eigenvalue weighted by atomic mass is 10.0. The van der Waals surface area contributed by atoms with E-state index in [1.807, 2.05) is 4.72 Å². The third kappa shape index (κ3) is 3.65. The number of alkyl halides is 2. The smallest absolute Gasteiger partial charge is 0.305 e. The minimum absolute atomic E-state index is 0.173. The highest BCUT2D eigenvalue weighted by molar-refractivity contribution is 7.89. The zero-order chi connectivity index (χ0) is 17.3. The highest BCUT2D eigenvalue weighted by Crippen LogP contribution is 2.27. The fourth-order valence-electron chi connectivity index (χ4n) is 2.26. The van der Waals surface area contributed by atoms with Gasteiger partial charge in [-0.1, -0.05) is 36.4 Å². The molecule has 0 radical (unpaired) electrons. The van der Waals surface area contributed by atoms with Crippen molar-refractivity contribution in [3.8, 4) is 0 Å². The number of sulfonamides is 1. The molecule has 0 aromatic heterocycles. The molecule has 2 aromatic carbocycles. The third-order valence-corrected chi connectivity index (χ3v) is 5.08. The van der Waals surface area contributed by atoms with Gasteiger partial charge in [0, 0.05) is 5.39 Å². The van der Waals surface area contributed by atoms with Crippen LogP contribution in [0.25, 0.3) is 10.8 Å². The molecule has 0 aliphatic rings. The number of hydrogen-bond donors (Lipinski definition) is 2. The van der Waals surface area contributed by atoms with Crippen LogP contribution in [0.15, 0.2) is 47.4 Å². The van der Waals surface area contributed by atoms with Crippen LogP contribution in [0.1, 0.15) is 13.3 Å². The molecule has 5 nitrogen and oxygen atoms in total. The minimum Gasteiger partial charge on any atom is -0.481 e. The van der Waals surface area contributed by atoms with Crippen LogP contribution in [0.2, 0.25) is 0 Å². The van der Waals surface area contributed by atoms with E-state index in [1.165, 1.54) is 12.1 Å². The first kappa shape index (κ1) is 17.3. The number of carboxylic acid groups (broad SMARTS) is 1. The Bertz CT molecular complexity index is 833. The fraction of sp³-hybridized carbons (Fsp3) is 0.267. The number of hydrogen-bond acceptors (Lipinski definition) is 3. The van der Waals surface area contributed by atoms with Crippen molar-refractivity contribution in [1.29, 1.82) is 0 Å². The molecule has 0 fully saturated rings. The summed E-state index contributed by atoms with van der Waals surface area (Å²) < 4.78 is 53.3. The summed E-state index contributed by atoms with van der Waals surface area (Å²) in [5, 5.41) is 9.77. The minimum atomic E-state index is -4.33. The Morgan fingerprint density at radius 2 is 1.83 bits per heavy atom. The maximum absolute atomic E-state index is 13.2. The van der Waals surface area contributed by atoms with Gasteiger partial charge in [0.05, 0.1) is 11.3 Å². The topological polar surface area (TPSA) is 83.5 Å². The van der Waals surface area contributed by atoms with Gasteiger partial charge in [0.25, 0.3) is 6.43 Å². The second-order valence-electron chi connectivity index (χ2n) is 5.37. The highest BCUT2D eigenvalue weighted by Gasteiger charge is 2.41. The van der Waals surface area contributed by atoms with E-state index in [0.29, 0.717) is 10.8 Å². The van der Waals surface area contributed by atoms with Crippen molar-refractivity contribution in [2.45, 2.75) is 30.2 Å². The Labute approximate surface area is 132 Å². The number of benzene rings is 2. The van der Waals surface area contributed by atoms with Gasteiger partial charge in [-0.25, -0.2) is 17.2 Å². The summed E-state index contributed by atoms with van der Waals surface area (Å²) >= 11 is 0. The summed E-state index contributed by atoms with van der Waals surface area (Å²) in [6.07, 6.45) is -4.21. The van der Waals surface area contributed by atoms with Gasteiger partial charge < -0.3 is 5.11 Å². The SMILES string of the molecule is CC(CC(=O)O)(NS(=O)(=O)c1cccc2ccccc12)C(F)F. The number of halogens is 2. The van der Waals surface area contributed by atoms with Crippen LogP contribution in [0.5, 0.6) is 0 Å². The second-order valence-corrected chi connectivity index (χ2v) is 7.02. The van der Waals surface area contributed by atoms with E-state index < -0.39 is 34.4 Å². The zero-order valence-electron chi connectivity index (χ0n) is 12.2. The molecule has 0 amide bonds. The summed E-state index contributed by atoms with van der Waals surface area (Å²) in [5.41, 5.74) is -2.40. The molecule has 1 atom stereocenters. The van der Waals surface area contributed by atoms with Crippen LogP contribution in [-0.4, -0.2) is 31.5 Å². The fourth-order valence-corrected chi connectivity index (χ4v) is 3.88. The van der Waals surface area contributed by atoms with Crippen LogP contribution >= 0.6 is 0 Å². The Morgan fingerprint density at radius 1 is 1.22 bits per heavy atom. The van der Waals surface area contributed by atoms with E-state index in [0.717, 1.165) is 6.92 Å². The molecule has 0 aliphatic carbocycles. The Hall–Kier alpha value is -2.06. The molecule has 0 heterocycles. The van der Waals surface area contributed by atoms with E-state index in [1.54, 1.807) is 30.3 Å².